The maximum atomic E-state index is 13.2. The van der Waals surface area contributed by atoms with Crippen LogP contribution in [-0.2, 0) is 4.79 Å². The second-order valence-corrected chi connectivity index (χ2v) is 7.27. The zero-order valence-electron chi connectivity index (χ0n) is 15.7. The smallest absolute Gasteiger partial charge is 0.238 e. The molecule has 0 aliphatic carbocycles. The lowest BCUT2D eigenvalue weighted by atomic mass is 10.2. The van der Waals surface area contributed by atoms with E-state index in [0.29, 0.717) is 23.9 Å². The summed E-state index contributed by atoms with van der Waals surface area (Å²) < 4.78 is 18.9. The minimum absolute atomic E-state index is 0.115. The van der Waals surface area contributed by atoms with Crippen molar-refractivity contribution in [2.75, 3.05) is 51.2 Å². The fourth-order valence-electron chi connectivity index (χ4n) is 3.15. The Bertz CT molecular complexity index is 765. The van der Waals surface area contributed by atoms with Crippen LogP contribution in [0.25, 0.3) is 0 Å². The van der Waals surface area contributed by atoms with Gasteiger partial charge in [-0.3, -0.25) is 9.69 Å². The average molecular weight is 406 g/mol. The van der Waals surface area contributed by atoms with E-state index in [-0.39, 0.29) is 11.7 Å². The van der Waals surface area contributed by atoms with Crippen molar-refractivity contribution in [2.45, 2.75) is 6.42 Å². The van der Waals surface area contributed by atoms with Crippen molar-refractivity contribution in [3.05, 3.63) is 59.4 Å². The molecule has 1 saturated heterocycles. The molecule has 0 spiro atoms. The maximum absolute atomic E-state index is 13.2. The van der Waals surface area contributed by atoms with Gasteiger partial charge in [0.2, 0.25) is 5.91 Å². The van der Waals surface area contributed by atoms with Crippen molar-refractivity contribution < 1.29 is 13.9 Å². The molecule has 0 bridgehead atoms. The molecule has 0 atom stereocenters. The molecule has 0 radical (unpaired) electrons. The van der Waals surface area contributed by atoms with Crippen LogP contribution in [0.3, 0.4) is 0 Å². The summed E-state index contributed by atoms with van der Waals surface area (Å²) in [4.78, 5) is 16.6. The first-order valence-corrected chi connectivity index (χ1v) is 9.85. The predicted molar refractivity (Wildman–Crippen MR) is 109 cm³/mol. The summed E-state index contributed by atoms with van der Waals surface area (Å²) in [6.45, 7) is 5.49. The Balaban J connectivity index is 1.29. The summed E-state index contributed by atoms with van der Waals surface area (Å²) in [6.07, 6.45) is 0.947. The van der Waals surface area contributed by atoms with Crippen LogP contribution in [0.4, 0.5) is 10.1 Å². The number of benzene rings is 2. The molecule has 0 unspecified atom stereocenters. The Morgan fingerprint density at radius 3 is 2.50 bits per heavy atom. The number of rotatable bonds is 8. The van der Waals surface area contributed by atoms with Gasteiger partial charge in [-0.25, -0.2) is 4.39 Å². The van der Waals surface area contributed by atoms with Crippen molar-refractivity contribution in [3.8, 4) is 5.75 Å². The highest BCUT2D eigenvalue weighted by Crippen LogP contribution is 2.15. The largest absolute Gasteiger partial charge is 0.494 e. The Morgan fingerprint density at radius 2 is 1.79 bits per heavy atom. The number of hydrogen-bond acceptors (Lipinski definition) is 4. The van der Waals surface area contributed by atoms with Gasteiger partial charge in [0.1, 0.15) is 11.6 Å². The quantitative estimate of drug-likeness (QED) is 0.683. The summed E-state index contributed by atoms with van der Waals surface area (Å²) in [5, 5.41) is 3.45. The molecule has 1 aliphatic rings. The molecular formula is C21H25ClFN3O2. The molecule has 1 N–H and O–H groups in total. The number of ether oxygens (including phenoxy) is 1. The molecule has 7 heteroatoms. The monoisotopic (exact) mass is 405 g/mol. The summed E-state index contributed by atoms with van der Waals surface area (Å²) in [6, 6.07) is 13.3. The van der Waals surface area contributed by atoms with Crippen molar-refractivity contribution in [3.63, 3.8) is 0 Å². The third-order valence-corrected chi connectivity index (χ3v) is 4.89. The summed E-state index contributed by atoms with van der Waals surface area (Å²) in [5.74, 6) is 0.361. The standard InChI is InChI=1S/C21H25ClFN3O2/c22-17-5-7-20(8-6-17)28-14-2-9-25-10-12-26(13-11-25)16-21(27)24-19-4-1-3-18(23)15-19/h1,3-8,15H,2,9-14,16H2,(H,24,27). The van der Waals surface area contributed by atoms with Crippen LogP contribution in [0.1, 0.15) is 6.42 Å². The molecule has 3 rings (SSSR count). The summed E-state index contributed by atoms with van der Waals surface area (Å²) in [7, 11) is 0. The van der Waals surface area contributed by atoms with E-state index >= 15 is 0 Å². The van der Waals surface area contributed by atoms with Crippen LogP contribution in [-0.4, -0.2) is 61.6 Å². The van der Waals surface area contributed by atoms with E-state index in [9.17, 15) is 9.18 Å². The van der Waals surface area contributed by atoms with Gasteiger partial charge in [0, 0.05) is 43.4 Å². The molecule has 150 valence electrons. The lowest BCUT2D eigenvalue weighted by Gasteiger charge is -2.34. The second-order valence-electron chi connectivity index (χ2n) is 6.83. The molecule has 2 aromatic rings. The van der Waals surface area contributed by atoms with Crippen LogP contribution < -0.4 is 10.1 Å². The molecule has 0 aromatic heterocycles. The fraction of sp³-hybridized carbons (Fsp3) is 0.381. The van der Waals surface area contributed by atoms with Crippen LogP contribution >= 0.6 is 11.6 Å². The zero-order valence-corrected chi connectivity index (χ0v) is 16.5. The van der Waals surface area contributed by atoms with Crippen LogP contribution in [0.5, 0.6) is 5.75 Å². The first-order chi connectivity index (χ1) is 13.6. The molecule has 5 nitrogen and oxygen atoms in total. The molecular weight excluding hydrogens is 381 g/mol. The van der Waals surface area contributed by atoms with Gasteiger partial charge in [-0.1, -0.05) is 17.7 Å². The Kier molecular flexibility index (Phi) is 7.65. The fourth-order valence-corrected chi connectivity index (χ4v) is 3.28. The molecule has 1 aliphatic heterocycles. The number of amides is 1. The van der Waals surface area contributed by atoms with E-state index in [0.717, 1.165) is 44.9 Å². The normalized spacial score (nSPS) is 15.4. The van der Waals surface area contributed by atoms with Gasteiger partial charge in [-0.05, 0) is 48.9 Å². The van der Waals surface area contributed by atoms with E-state index in [4.69, 9.17) is 16.3 Å². The van der Waals surface area contributed by atoms with Crippen molar-refractivity contribution >= 4 is 23.2 Å². The molecule has 1 amide bonds. The Hall–Kier alpha value is -2.15. The number of halogens is 2. The zero-order chi connectivity index (χ0) is 19.8. The highest BCUT2D eigenvalue weighted by Gasteiger charge is 2.18. The van der Waals surface area contributed by atoms with E-state index in [1.165, 1.54) is 12.1 Å². The number of piperazine rings is 1. The number of nitrogens with zero attached hydrogens (tertiary/aromatic N) is 2. The van der Waals surface area contributed by atoms with Gasteiger partial charge in [-0.2, -0.15) is 0 Å². The second kappa shape index (κ2) is 10.4. The predicted octanol–water partition coefficient (Wildman–Crippen LogP) is 3.50. The van der Waals surface area contributed by atoms with Crippen LogP contribution in [0.15, 0.2) is 48.5 Å². The lowest BCUT2D eigenvalue weighted by molar-refractivity contribution is -0.117. The summed E-state index contributed by atoms with van der Waals surface area (Å²) >= 11 is 5.86. The van der Waals surface area contributed by atoms with Gasteiger partial charge in [0.25, 0.3) is 0 Å². The number of anilines is 1. The van der Waals surface area contributed by atoms with E-state index in [2.05, 4.69) is 15.1 Å². The SMILES string of the molecule is O=C(CN1CCN(CCCOc2ccc(Cl)cc2)CC1)Nc1cccc(F)c1. The topological polar surface area (TPSA) is 44.8 Å². The average Bonchev–Trinajstić information content (AvgIpc) is 2.68. The molecule has 1 fully saturated rings. The van der Waals surface area contributed by atoms with Gasteiger partial charge in [0.05, 0.1) is 13.2 Å². The summed E-state index contributed by atoms with van der Waals surface area (Å²) in [5.41, 5.74) is 0.490. The number of carbonyl (C=O) groups is 1. The van der Waals surface area contributed by atoms with Crippen LogP contribution in [0.2, 0.25) is 5.02 Å². The van der Waals surface area contributed by atoms with Crippen molar-refractivity contribution in [1.29, 1.82) is 0 Å². The number of carbonyl (C=O) groups excluding carboxylic acids is 1. The molecule has 2 aromatic carbocycles. The minimum Gasteiger partial charge on any atom is -0.494 e. The van der Waals surface area contributed by atoms with E-state index < -0.39 is 0 Å². The highest BCUT2D eigenvalue weighted by molar-refractivity contribution is 6.30. The Labute approximate surface area is 170 Å². The van der Waals surface area contributed by atoms with Gasteiger partial charge < -0.3 is 15.0 Å². The highest BCUT2D eigenvalue weighted by atomic mass is 35.5. The maximum Gasteiger partial charge on any atom is 0.238 e. The third-order valence-electron chi connectivity index (χ3n) is 4.64. The van der Waals surface area contributed by atoms with E-state index in [1.807, 2.05) is 24.3 Å². The van der Waals surface area contributed by atoms with E-state index in [1.54, 1.807) is 12.1 Å². The Morgan fingerprint density at radius 1 is 1.07 bits per heavy atom. The van der Waals surface area contributed by atoms with Crippen molar-refractivity contribution in [2.24, 2.45) is 0 Å². The van der Waals surface area contributed by atoms with Gasteiger partial charge >= 0.3 is 0 Å². The van der Waals surface area contributed by atoms with Crippen LogP contribution in [0, 0.1) is 5.82 Å². The molecule has 1 heterocycles. The van der Waals surface area contributed by atoms with Crippen molar-refractivity contribution in [1.82, 2.24) is 9.80 Å². The first-order valence-electron chi connectivity index (χ1n) is 9.47. The lowest BCUT2D eigenvalue weighted by Crippen LogP contribution is -2.48. The number of hydrogen-bond donors (Lipinski definition) is 1. The number of nitrogens with one attached hydrogen (secondary N) is 1. The molecule has 0 saturated carbocycles. The third kappa shape index (κ3) is 6.78. The molecule has 28 heavy (non-hydrogen) atoms. The minimum atomic E-state index is -0.355. The van der Waals surface area contributed by atoms with Gasteiger partial charge in [-0.15, -0.1) is 0 Å². The first kappa shape index (κ1) is 20.6. The van der Waals surface area contributed by atoms with Gasteiger partial charge in [0.15, 0.2) is 0 Å².